The maximum atomic E-state index is 14.0. The van der Waals surface area contributed by atoms with Crippen molar-refractivity contribution in [3.8, 4) is 17.2 Å². The van der Waals surface area contributed by atoms with Crippen LogP contribution in [0.3, 0.4) is 0 Å². The zero-order valence-corrected chi connectivity index (χ0v) is 55.1. The first-order chi connectivity index (χ1) is 39.8. The van der Waals surface area contributed by atoms with E-state index in [4.69, 9.17) is 42.6 Å². The Hall–Kier alpha value is -7.71. The quantitative estimate of drug-likeness (QED) is 0.0427. The smallest absolute Gasteiger partial charge is 0.464 e. The van der Waals surface area contributed by atoms with Crippen LogP contribution < -0.4 is 31.3 Å². The predicted octanol–water partition coefficient (Wildman–Crippen LogP) is 11.5. The van der Waals surface area contributed by atoms with E-state index in [9.17, 15) is 43.2 Å². The van der Waals surface area contributed by atoms with Gasteiger partial charge in [-0.2, -0.15) is 0 Å². The molecule has 480 valence electrons. The highest BCUT2D eigenvalue weighted by Gasteiger charge is 2.29. The highest BCUT2D eigenvalue weighted by Crippen LogP contribution is 2.38. The Bertz CT molecular complexity index is 2980. The Labute approximate surface area is 511 Å². The number of rotatable bonds is 21. The summed E-state index contributed by atoms with van der Waals surface area (Å²) in [5.41, 5.74) is -0.189. The van der Waals surface area contributed by atoms with Crippen LogP contribution in [0.1, 0.15) is 194 Å². The van der Waals surface area contributed by atoms with Gasteiger partial charge >= 0.3 is 53.4 Å². The van der Waals surface area contributed by atoms with Crippen LogP contribution >= 0.6 is 0 Å². The Kier molecular flexibility index (Phi) is 23.8. The Morgan fingerprint density at radius 3 is 0.770 bits per heavy atom. The summed E-state index contributed by atoms with van der Waals surface area (Å²) in [6.45, 7) is 35.9. The normalized spacial score (nSPS) is 12.2. The molecule has 0 fully saturated rings. The van der Waals surface area contributed by atoms with E-state index in [0.717, 1.165) is 47.1 Å². The molecule has 0 saturated carbocycles. The van der Waals surface area contributed by atoms with Crippen LogP contribution in [-0.2, 0) is 97.9 Å². The summed E-state index contributed by atoms with van der Waals surface area (Å²) in [5, 5.41) is 0. The summed E-state index contributed by atoms with van der Waals surface area (Å²) in [6, 6.07) is 10.7. The third-order valence-corrected chi connectivity index (χ3v) is 13.4. The lowest BCUT2D eigenvalue weighted by Gasteiger charge is -2.25. The topological polar surface area (TPSA) is 251 Å². The van der Waals surface area contributed by atoms with E-state index in [1.54, 1.807) is 80.5 Å². The molecule has 21 nitrogen and oxygen atoms in total. The molecule has 0 saturated heterocycles. The number of benzene rings is 3. The van der Waals surface area contributed by atoms with Gasteiger partial charge in [0.1, 0.15) is 53.9 Å². The summed E-state index contributed by atoms with van der Waals surface area (Å²) < 4.78 is 51.8. The van der Waals surface area contributed by atoms with E-state index in [2.05, 4.69) is 0 Å². The first-order valence-corrected chi connectivity index (χ1v) is 29.4. The van der Waals surface area contributed by atoms with Crippen LogP contribution in [0.15, 0.2) is 50.8 Å². The molecule has 0 radical (unpaired) electrons. The standard InChI is InChI=1S/C66H93N3O18/c1-40-34-49(82-58(76)85-64(13,14)15)46(61(4,5)6)37-43(40)22-25-52(70)79-31-28-67-55(73)68(29-32-80-53(71)26-23-44-38-47(62(7,8)9)50(35-41(44)2)83-59(77)86-65(16,17)18)57(75)69(56(67)74)30-33-81-54(72)27-24-45-39-48(63(10,11)12)51(36-42(45)3)84-60(78)87-66(19,20)21/h34-39H,22-33H2,1-21H3. The van der Waals surface area contributed by atoms with Gasteiger partial charge in [0.25, 0.3) is 0 Å². The zero-order chi connectivity index (χ0) is 65.9. The van der Waals surface area contributed by atoms with E-state index in [1.165, 1.54) is 0 Å². The zero-order valence-electron chi connectivity index (χ0n) is 55.1. The van der Waals surface area contributed by atoms with E-state index in [1.807, 2.05) is 101 Å². The summed E-state index contributed by atoms with van der Waals surface area (Å²) in [4.78, 5) is 120. The van der Waals surface area contributed by atoms with Crippen molar-refractivity contribution in [1.29, 1.82) is 0 Å². The largest absolute Gasteiger partial charge is 0.514 e. The molecule has 0 unspecified atom stereocenters. The Balaban J connectivity index is 1.54. The van der Waals surface area contributed by atoms with Gasteiger partial charge in [-0.05, 0) is 170 Å². The molecule has 0 bridgehead atoms. The van der Waals surface area contributed by atoms with Crippen molar-refractivity contribution in [1.82, 2.24) is 13.7 Å². The lowest BCUT2D eigenvalue weighted by atomic mass is 9.84. The van der Waals surface area contributed by atoms with Gasteiger partial charge < -0.3 is 42.6 Å². The molecule has 4 rings (SSSR count). The number of aromatic nitrogens is 3. The third-order valence-electron chi connectivity index (χ3n) is 13.4. The number of nitrogens with zero attached hydrogens (tertiary/aromatic N) is 3. The van der Waals surface area contributed by atoms with Gasteiger partial charge in [-0.15, -0.1) is 0 Å². The van der Waals surface area contributed by atoms with E-state index in [-0.39, 0.29) is 38.5 Å². The number of carbonyl (C=O) groups excluding carboxylic acids is 6. The number of hydrogen-bond acceptors (Lipinski definition) is 18. The summed E-state index contributed by atoms with van der Waals surface area (Å²) in [5.74, 6) is -0.969. The maximum absolute atomic E-state index is 14.0. The number of aryl methyl sites for hydroxylation is 6. The van der Waals surface area contributed by atoms with Crippen molar-refractivity contribution in [3.63, 3.8) is 0 Å². The van der Waals surface area contributed by atoms with Crippen molar-refractivity contribution >= 4 is 36.4 Å². The van der Waals surface area contributed by atoms with Gasteiger partial charge in [-0.3, -0.25) is 14.4 Å². The second-order valence-corrected chi connectivity index (χ2v) is 27.7. The molecule has 0 atom stereocenters. The predicted molar refractivity (Wildman–Crippen MR) is 327 cm³/mol. The minimum atomic E-state index is -1.06. The minimum Gasteiger partial charge on any atom is -0.464 e. The lowest BCUT2D eigenvalue weighted by molar-refractivity contribution is -0.144. The SMILES string of the molecule is Cc1cc(OC(=O)OC(C)(C)C)c(C(C)(C)C)cc1CCC(=O)OCCn1c(=O)n(CCOC(=O)CCc2cc(C(C)(C)C)c(OC(=O)OC(C)(C)C)cc2C)c(=O)n(CCOC(=O)CCc2cc(C(C)(C)C)c(OC(=O)OC(C)(C)C)cc2C)c1=O. The molecule has 0 N–H and O–H groups in total. The first-order valence-electron chi connectivity index (χ1n) is 29.4. The minimum absolute atomic E-state index is 0.0949. The van der Waals surface area contributed by atoms with Crippen molar-refractivity contribution in [2.24, 2.45) is 0 Å². The van der Waals surface area contributed by atoms with Gasteiger partial charge in [0, 0.05) is 36.0 Å². The first kappa shape index (κ1) is 71.8. The number of ether oxygens (including phenoxy) is 9. The number of hydrogen-bond donors (Lipinski definition) is 0. The van der Waals surface area contributed by atoms with Crippen LogP contribution in [-0.4, -0.2) is 86.7 Å². The van der Waals surface area contributed by atoms with Crippen molar-refractivity contribution in [3.05, 3.63) is 118 Å². The fraction of sp³-hybridized carbons (Fsp3) is 0.591. The molecule has 1 heterocycles. The van der Waals surface area contributed by atoms with Gasteiger partial charge in [0.2, 0.25) is 0 Å². The number of esters is 3. The summed E-state index contributed by atoms with van der Waals surface area (Å²) in [6.07, 6.45) is -2.14. The molecule has 87 heavy (non-hydrogen) atoms. The average molecular weight is 1220 g/mol. The van der Waals surface area contributed by atoms with Crippen LogP contribution in [0.5, 0.6) is 17.2 Å². The van der Waals surface area contributed by atoms with Crippen molar-refractivity contribution in [2.75, 3.05) is 19.8 Å². The number of carbonyl (C=O) groups is 6. The molecule has 0 aliphatic heterocycles. The van der Waals surface area contributed by atoms with Gasteiger partial charge in [-0.1, -0.05) is 80.5 Å². The molecule has 0 amide bonds. The van der Waals surface area contributed by atoms with Gasteiger partial charge in [0.05, 0.1) is 19.6 Å². The lowest BCUT2D eigenvalue weighted by Crippen LogP contribution is -2.55. The monoisotopic (exact) mass is 1220 g/mol. The Morgan fingerprint density at radius 2 is 0.575 bits per heavy atom. The van der Waals surface area contributed by atoms with Crippen molar-refractivity contribution in [2.45, 2.75) is 237 Å². The van der Waals surface area contributed by atoms with E-state index < -0.39 is 126 Å². The molecular formula is C66H93N3O18. The fourth-order valence-electron chi connectivity index (χ4n) is 9.02. The fourth-order valence-corrected chi connectivity index (χ4v) is 9.02. The highest BCUT2D eigenvalue weighted by atomic mass is 16.7. The van der Waals surface area contributed by atoms with Crippen LogP contribution in [0.25, 0.3) is 0 Å². The molecular weight excluding hydrogens is 1120 g/mol. The van der Waals surface area contributed by atoms with Gasteiger partial charge in [-0.25, -0.2) is 42.5 Å². The summed E-state index contributed by atoms with van der Waals surface area (Å²) >= 11 is 0. The molecule has 0 aliphatic rings. The van der Waals surface area contributed by atoms with Crippen molar-refractivity contribution < 1.29 is 71.4 Å². The highest BCUT2D eigenvalue weighted by molar-refractivity contribution is 5.72. The molecule has 4 aromatic rings. The van der Waals surface area contributed by atoms with Crippen LogP contribution in [0.4, 0.5) is 14.4 Å². The molecule has 0 aliphatic carbocycles. The molecule has 1 aromatic heterocycles. The molecule has 3 aromatic carbocycles. The van der Waals surface area contributed by atoms with E-state index in [0.29, 0.717) is 33.9 Å². The van der Waals surface area contributed by atoms with Gasteiger partial charge in [0.15, 0.2) is 0 Å². The molecule has 21 heteroatoms. The maximum Gasteiger partial charge on any atom is 0.514 e. The average Bonchev–Trinajstić information content (AvgIpc) is 1.13. The van der Waals surface area contributed by atoms with Crippen LogP contribution in [0, 0.1) is 20.8 Å². The van der Waals surface area contributed by atoms with Crippen LogP contribution in [0.2, 0.25) is 0 Å². The summed E-state index contributed by atoms with van der Waals surface area (Å²) in [7, 11) is 0. The molecule has 0 spiro atoms. The second-order valence-electron chi connectivity index (χ2n) is 27.7. The van der Waals surface area contributed by atoms with E-state index >= 15 is 0 Å². The Morgan fingerprint density at radius 1 is 0.356 bits per heavy atom. The second kappa shape index (κ2) is 28.9. The third kappa shape index (κ3) is 22.5.